The molecule has 0 atom stereocenters. The van der Waals surface area contributed by atoms with Crippen molar-refractivity contribution in [2.75, 3.05) is 0 Å². The third kappa shape index (κ3) is 5.16. The number of benzene rings is 2. The molecule has 4 heteroatoms. The van der Waals surface area contributed by atoms with Gasteiger partial charge in [0.05, 0.1) is 11.1 Å². The molecule has 0 unspecified atom stereocenters. The molecule has 2 aliphatic rings. The van der Waals surface area contributed by atoms with Crippen molar-refractivity contribution in [2.24, 2.45) is 23.7 Å². The molecular weight excluding hydrogens is 400 g/mol. The first kappa shape index (κ1) is 24.3. The maximum atomic E-state index is 13.1. The van der Waals surface area contributed by atoms with Gasteiger partial charge in [0.1, 0.15) is 0 Å². The third-order valence-electron chi connectivity index (χ3n) is 5.61. The van der Waals surface area contributed by atoms with E-state index in [-0.39, 0.29) is 11.8 Å². The van der Waals surface area contributed by atoms with Crippen molar-refractivity contribution in [3.8, 4) is 11.5 Å². The third-order valence-corrected chi connectivity index (χ3v) is 5.61. The van der Waals surface area contributed by atoms with Gasteiger partial charge in [0.2, 0.25) is 10.9 Å². The van der Waals surface area contributed by atoms with Crippen molar-refractivity contribution in [2.45, 2.75) is 81.1 Å². The fourth-order valence-corrected chi connectivity index (χ4v) is 4.47. The summed E-state index contributed by atoms with van der Waals surface area (Å²) >= 11 is 0. The molecule has 4 nitrogen and oxygen atoms in total. The van der Waals surface area contributed by atoms with Crippen molar-refractivity contribution in [3.05, 3.63) is 54.8 Å². The normalized spacial score (nSPS) is 12.4. The van der Waals surface area contributed by atoms with E-state index in [1.54, 1.807) is 0 Å². The smallest absolute Gasteiger partial charge is 0.233 e. The molecule has 0 saturated carbocycles. The minimum Gasteiger partial charge on any atom is -0.449 e. The maximum absolute atomic E-state index is 13.1. The second kappa shape index (κ2) is 9.64. The minimum absolute atomic E-state index is 0.218. The predicted molar refractivity (Wildman–Crippen MR) is 132 cm³/mol. The molecule has 1 aromatic rings. The van der Waals surface area contributed by atoms with E-state index >= 15 is 0 Å². The van der Waals surface area contributed by atoms with Gasteiger partial charge in [-0.1, -0.05) is 61.5 Å². The number of hydrogen-bond donors (Lipinski definition) is 0. The van der Waals surface area contributed by atoms with Crippen LogP contribution in [0.15, 0.2) is 30.6 Å². The molecule has 1 aliphatic heterocycles. The zero-order chi connectivity index (χ0) is 23.7. The zero-order valence-electron chi connectivity index (χ0n) is 20.9. The van der Waals surface area contributed by atoms with Crippen molar-refractivity contribution in [1.82, 2.24) is 0 Å². The van der Waals surface area contributed by atoms with Crippen LogP contribution in [0.4, 0.5) is 0 Å². The summed E-state index contributed by atoms with van der Waals surface area (Å²) in [6, 6.07) is 4.25. The highest BCUT2D eigenvalue weighted by Crippen LogP contribution is 2.36. The Bertz CT molecular complexity index is 1170. The maximum Gasteiger partial charge on any atom is 0.233 e. The van der Waals surface area contributed by atoms with Crippen LogP contribution in [0.2, 0.25) is 0 Å². The second-order valence-corrected chi connectivity index (χ2v) is 11.0. The average Bonchev–Trinajstić information content (AvgIpc) is 2.66. The Hall–Kier alpha value is -2.36. The summed E-state index contributed by atoms with van der Waals surface area (Å²) in [5.41, 5.74) is 3.65. The summed E-state index contributed by atoms with van der Waals surface area (Å²) in [7, 11) is 0. The molecular formula is C28H38O4. The SMILES string of the molecule is CC(C)Cc1cc(CC(C)C)c2oc3c(CC(C)C)c(=O)c(=O)c(CC(C)C)c-3oc2c1. The van der Waals surface area contributed by atoms with E-state index in [1.165, 1.54) is 5.56 Å². The highest BCUT2D eigenvalue weighted by molar-refractivity contribution is 5.79. The van der Waals surface area contributed by atoms with Crippen LogP contribution in [0.3, 0.4) is 0 Å². The summed E-state index contributed by atoms with van der Waals surface area (Å²) in [5, 5.41) is 0. The summed E-state index contributed by atoms with van der Waals surface area (Å²) in [6.45, 7) is 16.9. The zero-order valence-corrected chi connectivity index (χ0v) is 20.9. The lowest BCUT2D eigenvalue weighted by molar-refractivity contribution is 0.495. The van der Waals surface area contributed by atoms with Crippen LogP contribution < -0.4 is 10.9 Å². The predicted octanol–water partition coefficient (Wildman–Crippen LogP) is 6.65. The fraction of sp³-hybridized carbons (Fsp3) is 0.571. The Balaban J connectivity index is 2.44. The van der Waals surface area contributed by atoms with Crippen LogP contribution in [-0.2, 0) is 25.7 Å². The topological polar surface area (TPSA) is 60.4 Å². The van der Waals surface area contributed by atoms with Crippen molar-refractivity contribution < 1.29 is 8.83 Å². The Morgan fingerprint density at radius 2 is 1.09 bits per heavy atom. The van der Waals surface area contributed by atoms with Crippen LogP contribution in [0.1, 0.15) is 77.6 Å². The van der Waals surface area contributed by atoms with E-state index in [0.717, 1.165) is 18.4 Å². The first-order chi connectivity index (χ1) is 15.0. The fourth-order valence-electron chi connectivity index (χ4n) is 4.47. The van der Waals surface area contributed by atoms with Crippen molar-refractivity contribution in [1.29, 1.82) is 0 Å². The molecule has 0 fully saturated rings. The van der Waals surface area contributed by atoms with Crippen LogP contribution in [-0.4, -0.2) is 0 Å². The monoisotopic (exact) mass is 438 g/mol. The molecule has 0 saturated heterocycles. The standard InChI is InChI=1S/C28H38O4/c1-15(2)9-19-13-20(10-16(3)4)26-23(14-19)31-27-21(11-17(5)6)24(29)25(30)22(12-18(7)8)28(27)32-26/h13-18H,9-12H2,1-8H3. The van der Waals surface area contributed by atoms with Crippen LogP contribution in [0.5, 0.6) is 0 Å². The molecule has 0 bridgehead atoms. The molecule has 32 heavy (non-hydrogen) atoms. The Morgan fingerprint density at radius 3 is 1.56 bits per heavy atom. The van der Waals surface area contributed by atoms with Gasteiger partial charge in [-0.3, -0.25) is 9.59 Å². The van der Waals surface area contributed by atoms with Crippen molar-refractivity contribution in [3.63, 3.8) is 0 Å². The van der Waals surface area contributed by atoms with E-state index in [9.17, 15) is 9.59 Å². The summed E-state index contributed by atoms with van der Waals surface area (Å²) in [5.74, 6) is 2.30. The van der Waals surface area contributed by atoms with Gasteiger partial charge in [-0.15, -0.1) is 0 Å². The molecule has 174 valence electrons. The molecule has 0 amide bonds. The molecule has 1 heterocycles. The van der Waals surface area contributed by atoms with Gasteiger partial charge < -0.3 is 8.83 Å². The molecule has 1 aliphatic carbocycles. The van der Waals surface area contributed by atoms with Crippen LogP contribution in [0.25, 0.3) is 22.7 Å². The lowest BCUT2D eigenvalue weighted by Gasteiger charge is -2.18. The first-order valence-corrected chi connectivity index (χ1v) is 12.0. The molecule has 0 N–H and O–H groups in total. The molecule has 0 radical (unpaired) electrons. The van der Waals surface area contributed by atoms with Gasteiger partial charge in [-0.25, -0.2) is 0 Å². The molecule has 0 spiro atoms. The van der Waals surface area contributed by atoms with Gasteiger partial charge >= 0.3 is 0 Å². The van der Waals surface area contributed by atoms with Crippen LogP contribution >= 0.6 is 0 Å². The first-order valence-electron chi connectivity index (χ1n) is 12.0. The van der Waals surface area contributed by atoms with Gasteiger partial charge in [-0.05, 0) is 66.5 Å². The average molecular weight is 439 g/mol. The number of rotatable bonds is 8. The van der Waals surface area contributed by atoms with E-state index in [2.05, 4.69) is 33.8 Å². The lowest BCUT2D eigenvalue weighted by atomic mass is 9.92. The second-order valence-electron chi connectivity index (χ2n) is 11.0. The van der Waals surface area contributed by atoms with Gasteiger partial charge in [0, 0.05) is 0 Å². The van der Waals surface area contributed by atoms with Gasteiger partial charge in [0.15, 0.2) is 22.7 Å². The van der Waals surface area contributed by atoms with E-state index in [4.69, 9.17) is 8.83 Å². The van der Waals surface area contributed by atoms with Gasteiger partial charge in [0.25, 0.3) is 0 Å². The highest BCUT2D eigenvalue weighted by Gasteiger charge is 2.28. The summed E-state index contributed by atoms with van der Waals surface area (Å²) in [6.07, 6.45) is 2.77. The van der Waals surface area contributed by atoms with E-state index < -0.39 is 10.9 Å². The number of fused-ring (bicyclic) bond motifs is 2. The minimum atomic E-state index is -0.444. The Morgan fingerprint density at radius 1 is 0.625 bits per heavy atom. The molecule has 1 aromatic carbocycles. The lowest BCUT2D eigenvalue weighted by Crippen LogP contribution is -2.33. The summed E-state index contributed by atoms with van der Waals surface area (Å²) in [4.78, 5) is 26.1. The quantitative estimate of drug-likeness (QED) is 0.292. The summed E-state index contributed by atoms with van der Waals surface area (Å²) < 4.78 is 12.9. The van der Waals surface area contributed by atoms with Gasteiger partial charge in [-0.2, -0.15) is 0 Å². The van der Waals surface area contributed by atoms with E-state index in [1.807, 2.05) is 33.8 Å². The van der Waals surface area contributed by atoms with Crippen molar-refractivity contribution >= 4 is 11.2 Å². The largest absolute Gasteiger partial charge is 0.449 e. The Kier molecular flexibility index (Phi) is 7.32. The molecule has 0 aromatic heterocycles. The highest BCUT2D eigenvalue weighted by atomic mass is 16.4. The number of hydrogen-bond acceptors (Lipinski definition) is 4. The van der Waals surface area contributed by atoms with E-state index in [0.29, 0.717) is 58.5 Å². The Labute approximate surface area is 191 Å². The van der Waals surface area contributed by atoms with Crippen LogP contribution in [0, 0.1) is 23.7 Å². The molecule has 3 rings (SSSR count).